The van der Waals surface area contributed by atoms with E-state index in [1.807, 2.05) is 194 Å². The number of ether oxygens (including phenoxy) is 4. The topological polar surface area (TPSA) is 118 Å². The molecule has 12 nitrogen and oxygen atoms in total. The largest absolute Gasteiger partial charge is 0.423 e. The van der Waals surface area contributed by atoms with Crippen LogP contribution in [0.25, 0.3) is 44.5 Å². The van der Waals surface area contributed by atoms with Crippen LogP contribution in [-0.2, 0) is 19.2 Å². The molecule has 16 aromatic carbocycles. The van der Waals surface area contributed by atoms with E-state index in [1.54, 1.807) is 49.4 Å². The molecule has 0 aliphatic heterocycles. The molecule has 0 fully saturated rings. The van der Waals surface area contributed by atoms with Crippen LogP contribution >= 0.6 is 0 Å². The SMILES string of the molecule is C=C(C)C(=O)Oc1ccc(N(c2ccccc2)c2ccc(-c3ccccc3)cc2)cc1.C=CC(=O)Oc1ccc(N(c2ccccc2)c2ccc(-c3ccc(C)cc3)cc2)cc1.C=CC(=O)Oc1ccc(N(c2ccccc2)c2ccc(-c3ccccc3)cc2)cc1.C=CC(=O)Oc1cccc(N(c2ccccc2)c2ccc(-c3ccccc3)cc2)c1. The normalized spacial score (nSPS) is 10.3. The van der Waals surface area contributed by atoms with Crippen LogP contribution in [0.5, 0.6) is 23.0 Å². The number of aryl methyl sites for hydroxylation is 1. The molecule has 16 rings (SSSR count). The quantitative estimate of drug-likeness (QED) is 0.0326. The Kier molecular flexibility index (Phi) is 28.7. The Morgan fingerprint density at radius 1 is 0.221 bits per heavy atom. The molecule has 12 heteroatoms. The monoisotopic (exact) mass is 1590 g/mol. The maximum Gasteiger partial charge on any atom is 0.338 e. The number of para-hydroxylation sites is 4. The van der Waals surface area contributed by atoms with Crippen molar-refractivity contribution in [2.45, 2.75) is 13.8 Å². The summed E-state index contributed by atoms with van der Waals surface area (Å²) in [7, 11) is 0. The van der Waals surface area contributed by atoms with Gasteiger partial charge in [0.15, 0.2) is 0 Å². The molecule has 0 aliphatic carbocycles. The van der Waals surface area contributed by atoms with Crippen LogP contribution in [0.3, 0.4) is 0 Å². The number of benzene rings is 16. The number of anilines is 12. The number of carbonyl (C=O) groups excluding carboxylic acids is 4. The standard InChI is InChI=1S/2C28H23NO2.2C27H21NO2/c1-21(2)28(30)31-27-19-17-26(18-20-27)29(24-11-7-4-8-12-24)25-15-13-23(14-16-25)22-9-5-3-6-10-22;1-3-28(30)31-27-19-17-26(18-20-27)29(24-7-5-4-6-8-24)25-15-13-23(14-16-25)22-11-9-21(2)10-12-22;1-2-27(29)30-26-15-9-14-25(20-26)28(23-12-7-4-8-13-23)24-18-16-22(17-19-24)21-10-5-3-6-11-21;1-2-27(29)30-26-19-17-25(18-20-26)28(23-11-7-4-8-12-23)24-15-13-22(14-16-24)21-9-5-3-6-10-21/h2*3-20H,1H2,2H3;2*2-20H,1H2. The van der Waals surface area contributed by atoms with Crippen molar-refractivity contribution in [1.29, 1.82) is 0 Å². The van der Waals surface area contributed by atoms with Crippen molar-refractivity contribution in [3.63, 3.8) is 0 Å². The van der Waals surface area contributed by atoms with Gasteiger partial charge in [0.05, 0.1) is 0 Å². The predicted molar refractivity (Wildman–Crippen MR) is 499 cm³/mol. The lowest BCUT2D eigenvalue weighted by Crippen LogP contribution is -2.10. The summed E-state index contributed by atoms with van der Waals surface area (Å²) in [6.07, 6.45) is 3.46. The number of nitrogens with zero attached hydrogens (tertiary/aromatic N) is 4. The van der Waals surface area contributed by atoms with E-state index in [-0.39, 0.29) is 0 Å². The molecular weight excluding hydrogens is 1510 g/mol. The molecule has 0 atom stereocenters. The summed E-state index contributed by atoms with van der Waals surface area (Å²) in [6, 6.07) is 144. The highest BCUT2D eigenvalue weighted by Crippen LogP contribution is 2.42. The van der Waals surface area contributed by atoms with Crippen LogP contribution < -0.4 is 38.5 Å². The van der Waals surface area contributed by atoms with E-state index in [4.69, 9.17) is 18.9 Å². The van der Waals surface area contributed by atoms with Gasteiger partial charge in [-0.2, -0.15) is 0 Å². The van der Waals surface area contributed by atoms with Crippen LogP contribution in [0.2, 0.25) is 0 Å². The Hall–Kier alpha value is -16.4. The summed E-state index contributed by atoms with van der Waals surface area (Å²) in [6.45, 7) is 17.7. The summed E-state index contributed by atoms with van der Waals surface area (Å²) < 4.78 is 21.1. The summed E-state index contributed by atoms with van der Waals surface area (Å²) >= 11 is 0. The van der Waals surface area contributed by atoms with Crippen molar-refractivity contribution < 1.29 is 38.1 Å². The molecule has 0 amide bonds. The highest BCUT2D eigenvalue weighted by molar-refractivity contribution is 5.90. The van der Waals surface area contributed by atoms with Crippen molar-refractivity contribution in [2.75, 3.05) is 19.6 Å². The molecule has 122 heavy (non-hydrogen) atoms. The van der Waals surface area contributed by atoms with Crippen LogP contribution in [-0.4, -0.2) is 23.9 Å². The lowest BCUT2D eigenvalue weighted by Gasteiger charge is -2.26. The Bertz CT molecular complexity index is 6070. The zero-order valence-electron chi connectivity index (χ0n) is 67.6. The van der Waals surface area contributed by atoms with Gasteiger partial charge in [0.25, 0.3) is 0 Å². The summed E-state index contributed by atoms with van der Waals surface area (Å²) in [5.74, 6) is 0.0733. The number of rotatable bonds is 24. The fourth-order valence-electron chi connectivity index (χ4n) is 13.3. The lowest BCUT2D eigenvalue weighted by atomic mass is 10.0. The molecule has 0 spiro atoms. The maximum absolute atomic E-state index is 11.8. The van der Waals surface area contributed by atoms with E-state index in [0.717, 1.165) is 92.0 Å². The van der Waals surface area contributed by atoms with E-state index >= 15 is 0 Å². The molecular formula is C110H88N4O8. The number of carbonyl (C=O) groups is 4. The zero-order valence-corrected chi connectivity index (χ0v) is 67.6. The summed E-state index contributed by atoms with van der Waals surface area (Å²) in [5, 5.41) is 0. The molecule has 0 saturated carbocycles. The second-order valence-electron chi connectivity index (χ2n) is 27.9. The summed E-state index contributed by atoms with van der Waals surface area (Å²) in [5.41, 5.74) is 23.1. The second-order valence-corrected chi connectivity index (χ2v) is 27.9. The van der Waals surface area contributed by atoms with Gasteiger partial charge < -0.3 is 38.5 Å². The molecule has 0 aliphatic rings. The first kappa shape index (κ1) is 83.5. The van der Waals surface area contributed by atoms with E-state index in [0.29, 0.717) is 28.6 Å². The van der Waals surface area contributed by atoms with Crippen LogP contribution in [0.1, 0.15) is 12.5 Å². The van der Waals surface area contributed by atoms with Gasteiger partial charge in [-0.15, -0.1) is 0 Å². The minimum absolute atomic E-state index is 0.369. The molecule has 0 heterocycles. The molecule has 0 aromatic heterocycles. The first-order valence-corrected chi connectivity index (χ1v) is 39.6. The first-order valence-electron chi connectivity index (χ1n) is 39.6. The van der Waals surface area contributed by atoms with Crippen molar-refractivity contribution in [2.24, 2.45) is 0 Å². The number of esters is 4. The maximum atomic E-state index is 11.8. The molecule has 0 radical (unpaired) electrons. The average molecular weight is 1590 g/mol. The average Bonchev–Trinajstić information content (AvgIpc) is 0.816. The lowest BCUT2D eigenvalue weighted by molar-refractivity contribution is -0.130. The Morgan fingerprint density at radius 2 is 0.418 bits per heavy atom. The van der Waals surface area contributed by atoms with Gasteiger partial charge in [0.1, 0.15) is 23.0 Å². The molecule has 0 N–H and O–H groups in total. The van der Waals surface area contributed by atoms with Gasteiger partial charge in [-0.3, -0.25) is 0 Å². The smallest absolute Gasteiger partial charge is 0.338 e. The predicted octanol–water partition coefficient (Wildman–Crippen LogP) is 28.4. The third-order valence-corrected chi connectivity index (χ3v) is 19.3. The van der Waals surface area contributed by atoms with Gasteiger partial charge in [-0.25, -0.2) is 19.2 Å². The Balaban J connectivity index is 0.000000140. The minimum Gasteiger partial charge on any atom is -0.423 e. The van der Waals surface area contributed by atoms with Crippen molar-refractivity contribution in [3.8, 4) is 67.5 Å². The highest BCUT2D eigenvalue weighted by Gasteiger charge is 2.20. The highest BCUT2D eigenvalue weighted by atomic mass is 16.5. The van der Waals surface area contributed by atoms with Crippen molar-refractivity contribution in [3.05, 3.63) is 486 Å². The Morgan fingerprint density at radius 3 is 0.672 bits per heavy atom. The number of hydrogen-bond acceptors (Lipinski definition) is 12. The van der Waals surface area contributed by atoms with E-state index < -0.39 is 23.9 Å². The van der Waals surface area contributed by atoms with Gasteiger partial charge in [-0.1, -0.05) is 275 Å². The van der Waals surface area contributed by atoms with Gasteiger partial charge in [0, 0.05) is 98.1 Å². The van der Waals surface area contributed by atoms with E-state index in [1.165, 1.54) is 44.5 Å². The molecule has 0 saturated heterocycles. The fraction of sp³-hybridized carbons (Fsp3) is 0.0182. The third kappa shape index (κ3) is 22.6. The van der Waals surface area contributed by atoms with Crippen molar-refractivity contribution >= 4 is 92.1 Å². The zero-order chi connectivity index (χ0) is 84.8. The van der Waals surface area contributed by atoms with Crippen LogP contribution in [0.4, 0.5) is 68.2 Å². The Labute approximate surface area is 713 Å². The van der Waals surface area contributed by atoms with Crippen LogP contribution in [0.15, 0.2) is 481 Å². The molecule has 0 bridgehead atoms. The van der Waals surface area contributed by atoms with E-state index in [2.05, 4.69) is 247 Å². The third-order valence-electron chi connectivity index (χ3n) is 19.3. The van der Waals surface area contributed by atoms with E-state index in [9.17, 15) is 19.2 Å². The molecule has 596 valence electrons. The summed E-state index contributed by atoms with van der Waals surface area (Å²) in [4.78, 5) is 54.9. The molecule has 16 aromatic rings. The first-order chi connectivity index (χ1) is 59.7. The fourth-order valence-corrected chi connectivity index (χ4v) is 13.3. The number of hydrogen-bond donors (Lipinski definition) is 0. The van der Waals surface area contributed by atoms with Gasteiger partial charge in [0.2, 0.25) is 0 Å². The van der Waals surface area contributed by atoms with Gasteiger partial charge >= 0.3 is 23.9 Å². The second kappa shape index (κ2) is 41.9. The van der Waals surface area contributed by atoms with Crippen LogP contribution in [0, 0.1) is 6.92 Å². The van der Waals surface area contributed by atoms with Crippen molar-refractivity contribution in [1.82, 2.24) is 0 Å². The minimum atomic E-state index is -0.481. The van der Waals surface area contributed by atoms with Gasteiger partial charge in [-0.05, 0) is 240 Å². The molecule has 0 unspecified atom stereocenters.